The third-order valence-corrected chi connectivity index (χ3v) is 47.1. The number of hydrogen-bond acceptors (Lipinski definition) is 10. The molecule has 30 unspecified atom stereocenters. The minimum Gasteiger partial charge on any atom is -0.398 e. The van der Waals surface area contributed by atoms with E-state index in [1.807, 2.05) is 73.5 Å². The number of fused-ring (bicyclic) bond motifs is 36. The van der Waals surface area contributed by atoms with Crippen molar-refractivity contribution in [1.82, 2.24) is 0 Å². The van der Waals surface area contributed by atoms with Crippen molar-refractivity contribution in [1.29, 1.82) is 0 Å². The lowest BCUT2D eigenvalue weighted by molar-refractivity contribution is -0.245. The maximum Gasteiger partial charge on any atom is 0.394 e. The summed E-state index contributed by atoms with van der Waals surface area (Å²) in [6, 6.07) is 0. The molecule has 20 rings (SSSR count). The van der Waals surface area contributed by atoms with Crippen LogP contribution in [-0.2, 0) is 44.3 Å². The molecule has 22 heteroatoms. The van der Waals surface area contributed by atoms with E-state index < -0.39 is 77.6 Å². The van der Waals surface area contributed by atoms with Gasteiger partial charge in [-0.3, -0.25) is 0 Å². The zero-order valence-corrected chi connectivity index (χ0v) is 75.0. The van der Waals surface area contributed by atoms with Crippen molar-refractivity contribution in [2.75, 3.05) is 71.1 Å². The molecular weight excluding hydrogens is 1550 g/mol. The lowest BCUT2D eigenvalue weighted by Gasteiger charge is -2.64. The topological polar surface area (TPSA) is 92.3 Å². The Hall–Kier alpha value is 0.194. The van der Waals surface area contributed by atoms with Crippen LogP contribution in [0, 0.1) is 171 Å². The molecule has 20 aliphatic rings. The van der Waals surface area contributed by atoms with Crippen LogP contribution in [0.1, 0.15) is 269 Å². The van der Waals surface area contributed by atoms with E-state index in [-0.39, 0.29) is 92.0 Å². The maximum atomic E-state index is 14.3. The van der Waals surface area contributed by atoms with Crippen LogP contribution in [0.15, 0.2) is 0 Å². The highest BCUT2D eigenvalue weighted by Crippen LogP contribution is 2.78. The Morgan fingerprint density at radius 3 is 0.957 bits per heavy atom. The summed E-state index contributed by atoms with van der Waals surface area (Å²) in [6.45, 7) is 27.8. The second-order valence-corrected chi connectivity index (χ2v) is 59.6. The third-order valence-electron chi connectivity index (χ3n) is 35.2. The van der Waals surface area contributed by atoms with Gasteiger partial charge in [0, 0.05) is 88.0 Å². The molecule has 0 aromatic rings. The molecule has 0 radical (unpaired) electrons. The Bertz CT molecular complexity index is 2770. The molecule has 30 atom stereocenters. The minimum atomic E-state index is -3.99. The van der Waals surface area contributed by atoms with E-state index in [9.17, 15) is 30.7 Å². The number of halogens is 7. The van der Waals surface area contributed by atoms with E-state index in [2.05, 4.69) is 20.4 Å². The Balaban J connectivity index is 0.000000654. The largest absolute Gasteiger partial charge is 0.398 e. The molecule has 0 aromatic heterocycles. The van der Waals surface area contributed by atoms with Gasteiger partial charge >= 0.3 is 49.0 Å². The zero-order chi connectivity index (χ0) is 77.3. The van der Waals surface area contributed by atoms with Gasteiger partial charge in [-0.25, -0.2) is 17.6 Å². The Morgan fingerprint density at radius 2 is 0.617 bits per heavy atom. The molecule has 0 spiro atoms. The normalized spacial score (nSPS) is 44.1. The highest BCUT2D eigenvalue weighted by molar-refractivity contribution is 6.69. The van der Waals surface area contributed by atoms with Crippen LogP contribution in [-0.4, -0.2) is 137 Å². The smallest absolute Gasteiger partial charge is 0.394 e. The monoisotopic (exact) mass is 1740 g/mol. The first-order valence-electron chi connectivity index (χ1n) is 42.1. The van der Waals surface area contributed by atoms with Crippen LogP contribution in [0.5, 0.6) is 0 Å². The molecule has 10 nitrogen and oxygen atoms in total. The molecule has 0 aromatic carbocycles. The van der Waals surface area contributed by atoms with Gasteiger partial charge in [0.15, 0.2) is 5.67 Å². The summed E-state index contributed by atoms with van der Waals surface area (Å²) in [5.74, 6) is 15.4. The van der Waals surface area contributed by atoms with Gasteiger partial charge in [0.05, 0.1) is 5.41 Å². The fourth-order valence-electron chi connectivity index (χ4n) is 29.8. The van der Waals surface area contributed by atoms with Crippen molar-refractivity contribution < 1.29 is 75.0 Å². The van der Waals surface area contributed by atoms with E-state index in [1.54, 1.807) is 89.0 Å². The Labute approximate surface area is 712 Å². The second-order valence-electron chi connectivity index (χ2n) is 41.4. The lowest BCUT2D eigenvalue weighted by atomic mass is 9.50. The van der Waals surface area contributed by atoms with Gasteiger partial charge in [-0.2, -0.15) is 13.2 Å². The predicted octanol–water partition coefficient (Wildman–Crippen LogP) is 28.7. The van der Waals surface area contributed by atoms with Gasteiger partial charge in [-0.15, -0.1) is 0 Å². The molecule has 0 amide bonds. The van der Waals surface area contributed by atoms with Gasteiger partial charge in [-0.05, 0) is 387 Å². The predicted molar refractivity (Wildman–Crippen MR) is 483 cm³/mol. The molecule has 20 saturated carbocycles. The van der Waals surface area contributed by atoms with E-state index in [0.29, 0.717) is 70.6 Å². The summed E-state index contributed by atoms with van der Waals surface area (Å²) in [4.78, 5) is 0. The zero-order valence-electron chi connectivity index (χ0n) is 70.0. The molecule has 0 aliphatic heterocycles. The highest BCUT2D eigenvalue weighted by Gasteiger charge is 2.79. The fraction of sp³-hybridized carbons (Fsp3) is 1.00. The van der Waals surface area contributed by atoms with Crippen LogP contribution < -0.4 is 0 Å². The van der Waals surface area contributed by atoms with Crippen LogP contribution >= 0.6 is 0 Å². The van der Waals surface area contributed by atoms with Crippen LogP contribution in [0.2, 0.25) is 64.0 Å². The molecule has 115 heavy (non-hydrogen) atoms. The van der Waals surface area contributed by atoms with E-state index >= 15 is 0 Å². The van der Waals surface area contributed by atoms with Crippen molar-refractivity contribution in [2.45, 2.75) is 357 Å². The second kappa shape index (κ2) is 41.3. The summed E-state index contributed by atoms with van der Waals surface area (Å²) >= 11 is 0. The quantitative estimate of drug-likeness (QED) is 0.113. The fourth-order valence-corrected chi connectivity index (χ4v) is 33.6. The van der Waals surface area contributed by atoms with Crippen LogP contribution in [0.4, 0.5) is 30.7 Å². The summed E-state index contributed by atoms with van der Waals surface area (Å²) < 4.78 is 148. The van der Waals surface area contributed by atoms with Gasteiger partial charge in [0.2, 0.25) is 0 Å². The first-order valence-corrected chi connectivity index (χ1v) is 55.7. The molecule has 690 valence electrons. The average molecular weight is 1740 g/mol. The molecule has 20 aliphatic carbocycles. The van der Waals surface area contributed by atoms with Crippen LogP contribution in [0.25, 0.3) is 0 Å². The maximum absolute atomic E-state index is 14.3. The first kappa shape index (κ1) is 113. The minimum absolute atomic E-state index is 0. The SMILES string of the molecule is C.C.C.C.C.C.C.C.C.C.CC1(C(F)(F)F)CC2CC1C1C3CCC(C3)C21.CC1(F)C2CC(C3C4CCC(C4)C32)C1(F)F.CC1(F)CC2CC1C1C3CCC(C3)C21.CC1CC2CC1C1C3CCC(C3)C21.CO[Si](C)(C)OC.CO[Si](C)(C)OC.CO[Si](C)(C)OC.CO[Si](C)(C)OC.CO[Si](C)(OC)C12CC3CC(CC(C)(C3)C1)C2. The van der Waals surface area contributed by atoms with Crippen LogP contribution in [0.3, 0.4) is 0 Å². The number of hydrogen-bond donors (Lipinski definition) is 0. The standard InChI is InChI=1S/C14H19F3.C14H26O2Si.C13H17F3.C13H19F.C13H20.4C4H12O2Si.10CH4/c1-13(14(15,16)17)6-9-5-10(13)12-8-3-2-7(4-8)11(9)12;1-13-6-11-5-12(7-13)9-14(8-11,10-13)17(4,15-2)16-3;1-12(14)8-5-9(13(12,15)16)11-7-3-2-6(4-7)10(8)11;1-13(14)6-9-5-10(13)12-8-3-2-7(4-8)11(9)12;1-7-4-10-6-11(7)13-9-3-2-8(5-9)12(10)13;4*1-5-7(3,4)6-2;;;;;;;;;;/h7-12H,2-6H2,1H3;11-12H,5-10H2,1-4H3;6-11H,2-5H2,1H3;7-12H,2-6H2,1H3;7-13H,2-6H2,1H3;4*1-4H3;10*1H4. The summed E-state index contributed by atoms with van der Waals surface area (Å²) in [5.41, 5.74) is -3.79. The molecule has 20 fully saturated rings. The molecular formula is C93H189F7O10Si5. The molecule has 0 saturated heterocycles. The lowest BCUT2D eigenvalue weighted by Crippen LogP contribution is -2.60. The summed E-state index contributed by atoms with van der Waals surface area (Å²) in [7, 11) is 8.55. The van der Waals surface area contributed by atoms with Gasteiger partial charge < -0.3 is 44.3 Å². The van der Waals surface area contributed by atoms with E-state index in [4.69, 9.17) is 44.3 Å². The first-order chi connectivity index (χ1) is 48.8. The van der Waals surface area contributed by atoms with Crippen molar-refractivity contribution >= 4 is 42.8 Å². The molecule has 20 bridgehead atoms. The average Bonchev–Trinajstić information content (AvgIpc) is 1.54. The summed E-state index contributed by atoms with van der Waals surface area (Å²) in [6.07, 6.45) is 27.9. The third kappa shape index (κ3) is 21.1. The molecule has 0 heterocycles. The van der Waals surface area contributed by atoms with Crippen molar-refractivity contribution in [2.24, 2.45) is 171 Å². The van der Waals surface area contributed by atoms with Gasteiger partial charge in [-0.1, -0.05) is 95.0 Å². The van der Waals surface area contributed by atoms with E-state index in [0.717, 1.165) is 92.3 Å². The molecule has 0 N–H and O–H groups in total. The van der Waals surface area contributed by atoms with E-state index in [1.165, 1.54) is 126 Å². The highest BCUT2D eigenvalue weighted by atomic mass is 28.4. The van der Waals surface area contributed by atoms with Crippen molar-refractivity contribution in [3.8, 4) is 0 Å². The van der Waals surface area contributed by atoms with Gasteiger partial charge in [0.1, 0.15) is 5.67 Å². The number of alkyl halides is 7. The number of rotatable bonds is 11. The van der Waals surface area contributed by atoms with Gasteiger partial charge in [0.25, 0.3) is 5.92 Å². The summed E-state index contributed by atoms with van der Waals surface area (Å²) in [5, 5.41) is 0.412. The van der Waals surface area contributed by atoms with Crippen molar-refractivity contribution in [3.05, 3.63) is 0 Å². The Morgan fingerprint density at radius 1 is 0.304 bits per heavy atom. The Kier molecular flexibility index (Phi) is 40.7. The van der Waals surface area contributed by atoms with Crippen molar-refractivity contribution in [3.63, 3.8) is 0 Å².